The molecule has 2 heterocycles. The van der Waals surface area contributed by atoms with Crippen LogP contribution >= 0.6 is 11.3 Å². The molecule has 0 amide bonds. The van der Waals surface area contributed by atoms with Crippen LogP contribution in [0.15, 0.2) is 176 Å². The largest absolute Gasteiger partial charge is 0.208 e. The second-order valence-corrected chi connectivity index (χ2v) is 13.9. The molecule has 0 radical (unpaired) electrons. The summed E-state index contributed by atoms with van der Waals surface area (Å²) in [6, 6.07) is 62.2. The Labute approximate surface area is 299 Å². The summed E-state index contributed by atoms with van der Waals surface area (Å²) in [7, 11) is 0. The van der Waals surface area contributed by atoms with E-state index in [4.69, 9.17) is 15.0 Å². The fraction of sp³-hybridized carbons (Fsp3) is 0. The van der Waals surface area contributed by atoms with Gasteiger partial charge in [-0.15, -0.1) is 11.3 Å². The van der Waals surface area contributed by atoms with Crippen molar-refractivity contribution in [3.63, 3.8) is 0 Å². The van der Waals surface area contributed by atoms with Crippen LogP contribution in [0.1, 0.15) is 0 Å². The Kier molecular flexibility index (Phi) is 7.00. The Morgan fingerprint density at radius 3 is 1.69 bits per heavy atom. The van der Waals surface area contributed by atoms with Crippen LogP contribution in [0.2, 0.25) is 0 Å². The molecule has 8 aromatic carbocycles. The van der Waals surface area contributed by atoms with Crippen molar-refractivity contribution in [3.05, 3.63) is 176 Å². The van der Waals surface area contributed by atoms with E-state index in [9.17, 15) is 0 Å². The van der Waals surface area contributed by atoms with Gasteiger partial charge < -0.3 is 0 Å². The summed E-state index contributed by atoms with van der Waals surface area (Å²) in [6.07, 6.45) is 0. The number of aromatic nitrogens is 3. The van der Waals surface area contributed by atoms with E-state index < -0.39 is 0 Å². The lowest BCUT2D eigenvalue weighted by atomic mass is 9.96. The van der Waals surface area contributed by atoms with Gasteiger partial charge in [0.2, 0.25) is 0 Å². The van der Waals surface area contributed by atoms with Crippen LogP contribution in [0.5, 0.6) is 0 Å². The zero-order valence-electron chi connectivity index (χ0n) is 27.5. The first-order valence-electron chi connectivity index (χ1n) is 17.1. The van der Waals surface area contributed by atoms with Crippen LogP contribution in [-0.2, 0) is 0 Å². The van der Waals surface area contributed by atoms with Crippen LogP contribution in [0.25, 0.3) is 98.1 Å². The molecule has 0 saturated carbocycles. The van der Waals surface area contributed by atoms with Crippen LogP contribution in [-0.4, -0.2) is 15.0 Å². The Morgan fingerprint density at radius 2 is 0.882 bits per heavy atom. The van der Waals surface area contributed by atoms with Gasteiger partial charge >= 0.3 is 0 Å². The Bertz CT molecular complexity index is 2910. The third kappa shape index (κ3) is 5.16. The molecular weight excluding hydrogens is 639 g/mol. The van der Waals surface area contributed by atoms with E-state index in [1.165, 1.54) is 47.8 Å². The molecule has 0 fully saturated rings. The van der Waals surface area contributed by atoms with Gasteiger partial charge in [-0.1, -0.05) is 158 Å². The average molecular weight is 668 g/mol. The van der Waals surface area contributed by atoms with Gasteiger partial charge in [0.1, 0.15) is 0 Å². The Hall–Kier alpha value is -6.49. The minimum Gasteiger partial charge on any atom is -0.208 e. The van der Waals surface area contributed by atoms with Crippen molar-refractivity contribution in [1.29, 1.82) is 0 Å². The maximum Gasteiger partial charge on any atom is 0.164 e. The van der Waals surface area contributed by atoms with Gasteiger partial charge in [-0.3, -0.25) is 0 Å². The third-order valence-corrected chi connectivity index (χ3v) is 10.8. The highest BCUT2D eigenvalue weighted by Gasteiger charge is 2.19. The lowest BCUT2D eigenvalue weighted by Gasteiger charge is -2.12. The maximum absolute atomic E-state index is 5.23. The average Bonchev–Trinajstić information content (AvgIpc) is 3.59. The maximum atomic E-state index is 5.23. The molecule has 10 rings (SSSR count). The molecule has 51 heavy (non-hydrogen) atoms. The van der Waals surface area contributed by atoms with Crippen molar-refractivity contribution >= 4 is 53.1 Å². The first-order chi connectivity index (χ1) is 25.3. The van der Waals surface area contributed by atoms with E-state index in [1.807, 2.05) is 29.5 Å². The molecule has 0 N–H and O–H groups in total. The highest BCUT2D eigenvalue weighted by molar-refractivity contribution is 7.26. The second kappa shape index (κ2) is 12.1. The minimum atomic E-state index is 0.659. The smallest absolute Gasteiger partial charge is 0.164 e. The van der Waals surface area contributed by atoms with Crippen LogP contribution in [0, 0.1) is 0 Å². The highest BCUT2D eigenvalue weighted by Crippen LogP contribution is 2.44. The predicted octanol–water partition coefficient (Wildman–Crippen LogP) is 12.9. The number of fused-ring (bicyclic) bond motifs is 6. The number of hydrogen-bond donors (Lipinski definition) is 0. The van der Waals surface area contributed by atoms with Gasteiger partial charge in [-0.2, -0.15) is 0 Å². The monoisotopic (exact) mass is 667 g/mol. The molecule has 0 saturated heterocycles. The van der Waals surface area contributed by atoms with Gasteiger partial charge in [-0.25, -0.2) is 15.0 Å². The number of nitrogens with zero attached hydrogens (tertiary/aromatic N) is 3. The molecule has 2 aromatic heterocycles. The van der Waals surface area contributed by atoms with E-state index >= 15 is 0 Å². The van der Waals surface area contributed by atoms with Crippen molar-refractivity contribution in [3.8, 4) is 56.4 Å². The van der Waals surface area contributed by atoms with Crippen molar-refractivity contribution in [2.75, 3.05) is 0 Å². The van der Waals surface area contributed by atoms with Crippen molar-refractivity contribution in [1.82, 2.24) is 15.0 Å². The summed E-state index contributed by atoms with van der Waals surface area (Å²) in [5.74, 6) is 1.99. The van der Waals surface area contributed by atoms with Gasteiger partial charge in [0.25, 0.3) is 0 Å². The second-order valence-electron chi connectivity index (χ2n) is 12.8. The molecule has 10 aromatic rings. The zero-order chi connectivity index (χ0) is 33.7. The normalized spacial score (nSPS) is 11.5. The van der Waals surface area contributed by atoms with E-state index in [-0.39, 0.29) is 0 Å². The zero-order valence-corrected chi connectivity index (χ0v) is 28.3. The van der Waals surface area contributed by atoms with Crippen LogP contribution in [0.4, 0.5) is 0 Å². The molecule has 3 nitrogen and oxygen atoms in total. The van der Waals surface area contributed by atoms with Gasteiger partial charge in [0, 0.05) is 36.9 Å². The molecule has 4 heteroatoms. The number of rotatable bonds is 5. The van der Waals surface area contributed by atoms with Crippen molar-refractivity contribution in [2.24, 2.45) is 0 Å². The first-order valence-corrected chi connectivity index (χ1v) is 17.9. The fourth-order valence-corrected chi connectivity index (χ4v) is 8.47. The first kappa shape index (κ1) is 29.4. The van der Waals surface area contributed by atoms with Crippen molar-refractivity contribution in [2.45, 2.75) is 0 Å². The standard InChI is InChI=1S/C47H29N3S/c1-3-13-30(14-4-1)33-19-11-20-34(27-33)35-25-26-40-42(28-35)51-43-29-41(37-22-9-10-23-38(37)44(40)43)47-49-45(32-16-5-2-6-17-32)48-46(50-47)39-24-12-18-31-15-7-8-21-36(31)39/h1-29H. The van der Waals surface area contributed by atoms with Crippen LogP contribution in [0.3, 0.4) is 0 Å². The van der Waals surface area contributed by atoms with Crippen molar-refractivity contribution < 1.29 is 0 Å². The summed E-state index contributed by atoms with van der Waals surface area (Å²) in [6.45, 7) is 0. The lowest BCUT2D eigenvalue weighted by molar-refractivity contribution is 1.08. The molecule has 0 bridgehead atoms. The highest BCUT2D eigenvalue weighted by atomic mass is 32.1. The molecule has 0 unspecified atom stereocenters. The molecular formula is C47H29N3S. The number of thiophene rings is 1. The number of benzene rings is 8. The van der Waals surface area contributed by atoms with Gasteiger partial charge in [0.05, 0.1) is 0 Å². The number of hydrogen-bond acceptors (Lipinski definition) is 4. The fourth-order valence-electron chi connectivity index (χ4n) is 7.27. The lowest BCUT2D eigenvalue weighted by Crippen LogP contribution is -2.01. The Morgan fingerprint density at radius 1 is 0.314 bits per heavy atom. The topological polar surface area (TPSA) is 38.7 Å². The summed E-state index contributed by atoms with van der Waals surface area (Å²) in [5.41, 5.74) is 7.81. The molecule has 0 spiro atoms. The van der Waals surface area contributed by atoms with E-state index in [0.717, 1.165) is 32.8 Å². The predicted molar refractivity (Wildman–Crippen MR) is 215 cm³/mol. The molecule has 0 atom stereocenters. The van der Waals surface area contributed by atoms with E-state index in [1.54, 1.807) is 0 Å². The summed E-state index contributed by atoms with van der Waals surface area (Å²) in [4.78, 5) is 15.5. The van der Waals surface area contributed by atoms with E-state index in [0.29, 0.717) is 17.5 Å². The molecule has 0 aliphatic rings. The van der Waals surface area contributed by atoms with Gasteiger partial charge in [-0.05, 0) is 62.0 Å². The minimum absolute atomic E-state index is 0.659. The molecule has 238 valence electrons. The van der Waals surface area contributed by atoms with E-state index in [2.05, 4.69) is 158 Å². The van der Waals surface area contributed by atoms with Crippen LogP contribution < -0.4 is 0 Å². The third-order valence-electron chi connectivity index (χ3n) is 9.72. The quantitative estimate of drug-likeness (QED) is 0.183. The Balaban J connectivity index is 1.17. The van der Waals surface area contributed by atoms with Gasteiger partial charge in [0.15, 0.2) is 17.5 Å². The summed E-state index contributed by atoms with van der Waals surface area (Å²) < 4.78 is 2.47. The SMILES string of the molecule is c1ccc(-c2cccc(-c3ccc4c(c3)sc3cc(-c5nc(-c6ccccc6)nc(-c6cccc7ccccc67)n5)c5ccccc5c34)c2)cc1. The molecule has 0 aliphatic carbocycles. The summed E-state index contributed by atoms with van der Waals surface area (Å²) in [5, 5.41) is 7.12. The summed E-state index contributed by atoms with van der Waals surface area (Å²) >= 11 is 1.83. The molecule has 0 aliphatic heterocycles.